The van der Waals surface area contributed by atoms with Gasteiger partial charge in [-0.05, 0) is 44.5 Å². The van der Waals surface area contributed by atoms with Gasteiger partial charge < -0.3 is 15.1 Å². The van der Waals surface area contributed by atoms with E-state index in [1.165, 1.54) is 20.2 Å². The van der Waals surface area contributed by atoms with E-state index in [0.717, 1.165) is 67.8 Å². The Morgan fingerprint density at radius 3 is 2.58 bits per heavy atom. The van der Waals surface area contributed by atoms with Gasteiger partial charge in [0.2, 0.25) is 5.91 Å². The summed E-state index contributed by atoms with van der Waals surface area (Å²) in [6, 6.07) is 10.3. The Kier molecular flexibility index (Phi) is 6.07. The predicted octanol–water partition coefficient (Wildman–Crippen LogP) is 3.48. The van der Waals surface area contributed by atoms with Crippen LogP contribution in [0.3, 0.4) is 0 Å². The van der Waals surface area contributed by atoms with Gasteiger partial charge in [0.15, 0.2) is 0 Å². The average Bonchev–Trinajstić information content (AvgIpc) is 3.23. The molecule has 0 aliphatic carbocycles. The third-order valence-corrected chi connectivity index (χ3v) is 7.45. The summed E-state index contributed by atoms with van der Waals surface area (Å²) < 4.78 is 0. The van der Waals surface area contributed by atoms with Gasteiger partial charge in [0.1, 0.15) is 17.4 Å². The molecule has 4 heterocycles. The highest BCUT2D eigenvalue weighted by molar-refractivity contribution is 7.16. The van der Waals surface area contributed by atoms with Crippen LogP contribution in [0.5, 0.6) is 0 Å². The second-order valence-corrected chi connectivity index (χ2v) is 10.2. The van der Waals surface area contributed by atoms with Crippen molar-refractivity contribution in [3.05, 3.63) is 40.8 Å². The summed E-state index contributed by atoms with van der Waals surface area (Å²) in [6.07, 6.45) is 1.82. The summed E-state index contributed by atoms with van der Waals surface area (Å²) in [4.78, 5) is 38.0. The van der Waals surface area contributed by atoms with E-state index in [1.807, 2.05) is 12.1 Å². The lowest BCUT2D eigenvalue weighted by Crippen LogP contribution is -2.49. The lowest BCUT2D eigenvalue weighted by atomic mass is 10.2. The molecule has 0 unspecified atom stereocenters. The monoisotopic (exact) mass is 466 g/mol. The first-order valence-corrected chi connectivity index (χ1v) is 12.4. The van der Waals surface area contributed by atoms with Crippen molar-refractivity contribution in [3.8, 4) is 0 Å². The quantitative estimate of drug-likeness (QED) is 0.540. The molecule has 9 heteroatoms. The van der Waals surface area contributed by atoms with Gasteiger partial charge in [0, 0.05) is 44.6 Å². The van der Waals surface area contributed by atoms with Crippen molar-refractivity contribution >= 4 is 45.5 Å². The molecule has 0 radical (unpaired) electrons. The number of hydrogen-bond donors (Lipinski definition) is 1. The summed E-state index contributed by atoms with van der Waals surface area (Å²) in [5.74, 6) is 0.973. The standard InChI is InChI=1S/C24H30N6O2S/c1-17-15-18-22(25-19-7-3-4-8-20(19)26-23(18)33-17)29-13-11-28(12-14-29)9-5-6-10-30-21(31)16-27(2)24(30)32/h3-4,7-8,15,26H,5-6,9-14,16H2,1-2H3. The van der Waals surface area contributed by atoms with Gasteiger partial charge in [-0.2, -0.15) is 0 Å². The van der Waals surface area contributed by atoms with Crippen LogP contribution in [0.15, 0.2) is 35.3 Å². The van der Waals surface area contributed by atoms with Crippen molar-refractivity contribution in [1.82, 2.24) is 19.6 Å². The smallest absolute Gasteiger partial charge is 0.326 e. The minimum absolute atomic E-state index is 0.0839. The number of benzene rings is 1. The minimum Gasteiger partial charge on any atom is -0.353 e. The molecule has 33 heavy (non-hydrogen) atoms. The molecule has 1 N–H and O–H groups in total. The second kappa shape index (κ2) is 9.15. The molecule has 1 aromatic carbocycles. The molecule has 174 valence electrons. The van der Waals surface area contributed by atoms with Crippen molar-refractivity contribution in [2.75, 3.05) is 58.2 Å². The molecule has 0 saturated carbocycles. The Hall–Kier alpha value is -2.91. The van der Waals surface area contributed by atoms with Crippen LogP contribution in [-0.4, -0.2) is 90.2 Å². The zero-order valence-corrected chi connectivity index (χ0v) is 20.0. The fourth-order valence-corrected chi connectivity index (χ4v) is 5.59. The average molecular weight is 467 g/mol. The van der Waals surface area contributed by atoms with Crippen LogP contribution in [0.4, 0.5) is 21.2 Å². The Labute approximate surface area is 198 Å². The number of hydrogen-bond acceptors (Lipinski definition) is 7. The Balaban J connectivity index is 1.18. The van der Waals surface area contributed by atoms with E-state index in [1.54, 1.807) is 18.4 Å². The molecule has 1 aromatic heterocycles. The molecule has 3 aliphatic rings. The van der Waals surface area contributed by atoms with Crippen molar-refractivity contribution in [2.24, 2.45) is 4.99 Å². The van der Waals surface area contributed by atoms with Crippen molar-refractivity contribution in [1.29, 1.82) is 0 Å². The molecular weight excluding hydrogens is 436 g/mol. The van der Waals surface area contributed by atoms with Gasteiger partial charge >= 0.3 is 6.03 Å². The van der Waals surface area contributed by atoms with E-state index in [2.05, 4.69) is 40.2 Å². The second-order valence-electron chi connectivity index (χ2n) is 8.90. The summed E-state index contributed by atoms with van der Waals surface area (Å²) in [7, 11) is 1.67. The van der Waals surface area contributed by atoms with Crippen LogP contribution >= 0.6 is 11.3 Å². The fourth-order valence-electron chi connectivity index (χ4n) is 4.67. The Bertz CT molecular complexity index is 1090. The van der Waals surface area contributed by atoms with Crippen LogP contribution in [-0.2, 0) is 4.79 Å². The Morgan fingerprint density at radius 1 is 1.06 bits per heavy atom. The number of amidine groups is 1. The number of imide groups is 1. The molecule has 3 amide bonds. The van der Waals surface area contributed by atoms with Crippen molar-refractivity contribution in [3.63, 3.8) is 0 Å². The molecular formula is C24H30N6O2S. The SMILES string of the molecule is Cc1cc2c(s1)Nc1ccccc1N=C2N1CCN(CCCCN2C(=O)CN(C)C2=O)CC1. The first-order valence-electron chi connectivity index (χ1n) is 11.6. The number of likely N-dealkylation sites (N-methyl/N-ethyl adjacent to an activating group) is 1. The van der Waals surface area contributed by atoms with E-state index in [4.69, 9.17) is 4.99 Å². The van der Waals surface area contributed by atoms with E-state index in [-0.39, 0.29) is 18.5 Å². The molecule has 2 aromatic rings. The largest absolute Gasteiger partial charge is 0.353 e. The van der Waals surface area contributed by atoms with E-state index < -0.39 is 0 Å². The zero-order chi connectivity index (χ0) is 22.9. The molecule has 2 saturated heterocycles. The van der Waals surface area contributed by atoms with Crippen LogP contribution < -0.4 is 5.32 Å². The topological polar surface area (TPSA) is 71.5 Å². The normalized spacial score (nSPS) is 18.7. The zero-order valence-electron chi connectivity index (χ0n) is 19.2. The van der Waals surface area contributed by atoms with Gasteiger partial charge in [-0.15, -0.1) is 11.3 Å². The van der Waals surface area contributed by atoms with Crippen LogP contribution in [0.1, 0.15) is 23.3 Å². The van der Waals surface area contributed by atoms with Gasteiger partial charge in [-0.25, -0.2) is 9.79 Å². The number of fused-ring (bicyclic) bond motifs is 2. The number of rotatable bonds is 5. The third-order valence-electron chi connectivity index (χ3n) is 6.48. The summed E-state index contributed by atoms with van der Waals surface area (Å²) in [5, 5.41) is 4.74. The molecule has 0 atom stereocenters. The number of thiophene rings is 1. The van der Waals surface area contributed by atoms with Crippen LogP contribution in [0, 0.1) is 6.92 Å². The first kappa shape index (κ1) is 21.9. The number of carbonyl (C=O) groups is 2. The molecule has 5 rings (SSSR count). The summed E-state index contributed by atoms with van der Waals surface area (Å²) in [6.45, 7) is 7.69. The van der Waals surface area contributed by atoms with Crippen LogP contribution in [0.2, 0.25) is 0 Å². The number of amides is 3. The number of nitrogens with one attached hydrogen (secondary N) is 1. The number of aliphatic imine (C=N–C) groups is 1. The summed E-state index contributed by atoms with van der Waals surface area (Å²) >= 11 is 1.78. The van der Waals surface area contributed by atoms with E-state index in [0.29, 0.717) is 6.54 Å². The fraction of sp³-hybridized carbons (Fsp3) is 0.458. The highest BCUT2D eigenvalue weighted by atomic mass is 32.1. The van der Waals surface area contributed by atoms with Gasteiger partial charge in [-0.3, -0.25) is 14.6 Å². The number of nitrogens with zero attached hydrogens (tertiary/aromatic N) is 5. The summed E-state index contributed by atoms with van der Waals surface area (Å²) in [5.41, 5.74) is 3.22. The Morgan fingerprint density at radius 2 is 1.82 bits per heavy atom. The van der Waals surface area contributed by atoms with Crippen LogP contribution in [0.25, 0.3) is 0 Å². The highest BCUT2D eigenvalue weighted by Crippen LogP contribution is 2.39. The maximum Gasteiger partial charge on any atom is 0.326 e. The number of aryl methyl sites for hydroxylation is 1. The maximum absolute atomic E-state index is 12.0. The third kappa shape index (κ3) is 4.47. The van der Waals surface area contributed by atoms with Crippen molar-refractivity contribution < 1.29 is 9.59 Å². The van der Waals surface area contributed by atoms with E-state index >= 15 is 0 Å². The lowest BCUT2D eigenvalue weighted by Gasteiger charge is -2.36. The molecule has 0 bridgehead atoms. The van der Waals surface area contributed by atoms with Crippen molar-refractivity contribution in [2.45, 2.75) is 19.8 Å². The number of piperazine rings is 1. The lowest BCUT2D eigenvalue weighted by molar-refractivity contribution is -0.125. The van der Waals surface area contributed by atoms with Gasteiger partial charge in [0.25, 0.3) is 0 Å². The number of para-hydroxylation sites is 2. The number of unbranched alkanes of at least 4 members (excludes halogenated alkanes) is 1. The van der Waals surface area contributed by atoms with Gasteiger partial charge in [0.05, 0.1) is 16.9 Å². The molecule has 0 spiro atoms. The highest BCUT2D eigenvalue weighted by Gasteiger charge is 2.33. The number of urea groups is 1. The number of carbonyl (C=O) groups excluding carboxylic acids is 2. The maximum atomic E-state index is 12.0. The minimum atomic E-state index is -0.170. The number of anilines is 2. The predicted molar refractivity (Wildman–Crippen MR) is 132 cm³/mol. The van der Waals surface area contributed by atoms with E-state index in [9.17, 15) is 9.59 Å². The first-order chi connectivity index (χ1) is 16.0. The molecule has 8 nitrogen and oxygen atoms in total. The molecule has 3 aliphatic heterocycles. The molecule has 2 fully saturated rings. The van der Waals surface area contributed by atoms with Gasteiger partial charge in [-0.1, -0.05) is 12.1 Å².